The maximum absolute atomic E-state index is 13.0. The molecule has 162 valence electrons. The Morgan fingerprint density at radius 3 is 2.16 bits per heavy atom. The molecule has 31 heavy (non-hydrogen) atoms. The zero-order chi connectivity index (χ0) is 22.8. The maximum atomic E-state index is 13.0. The number of carbonyl (C=O) groups excluding carboxylic acids is 1. The fraction of sp³-hybridized carbons (Fsp3) is 0.240. The van der Waals surface area contributed by atoms with E-state index in [9.17, 15) is 13.2 Å². The Morgan fingerprint density at radius 1 is 0.871 bits per heavy atom. The van der Waals surface area contributed by atoms with Crippen molar-refractivity contribution >= 4 is 21.6 Å². The molecule has 6 heteroatoms. The Labute approximate surface area is 184 Å². The summed E-state index contributed by atoms with van der Waals surface area (Å²) in [7, 11) is -2.23. The van der Waals surface area contributed by atoms with E-state index in [1.54, 1.807) is 48.5 Å². The van der Waals surface area contributed by atoms with Gasteiger partial charge >= 0.3 is 0 Å². The topological polar surface area (TPSA) is 66.5 Å². The van der Waals surface area contributed by atoms with Crippen LogP contribution in [0.2, 0.25) is 0 Å². The zero-order valence-corrected chi connectivity index (χ0v) is 19.3. The summed E-state index contributed by atoms with van der Waals surface area (Å²) in [4.78, 5) is 13.1. The number of benzene rings is 3. The van der Waals surface area contributed by atoms with Crippen molar-refractivity contribution < 1.29 is 13.2 Å². The van der Waals surface area contributed by atoms with E-state index in [4.69, 9.17) is 0 Å². The summed E-state index contributed by atoms with van der Waals surface area (Å²) in [6.45, 7) is 7.85. The SMILES string of the molecule is Cc1ccc(C(C)NC(=O)c2ccc(C)c(N(C)S(=O)(=O)c3ccccc3)c2)cc1C. The molecular weight excluding hydrogens is 408 g/mol. The van der Waals surface area contributed by atoms with Crippen LogP contribution in [0.1, 0.15) is 45.6 Å². The second-order valence-corrected chi connectivity index (χ2v) is 9.79. The van der Waals surface area contributed by atoms with Crippen molar-refractivity contribution in [3.05, 3.63) is 94.5 Å². The molecule has 0 saturated heterocycles. The van der Waals surface area contributed by atoms with E-state index in [1.807, 2.05) is 32.9 Å². The third-order valence-corrected chi connectivity index (χ3v) is 7.38. The minimum atomic E-state index is -3.73. The summed E-state index contributed by atoms with van der Waals surface area (Å²) in [5, 5.41) is 3.01. The summed E-state index contributed by atoms with van der Waals surface area (Å²) in [6, 6.07) is 19.3. The highest BCUT2D eigenvalue weighted by Crippen LogP contribution is 2.27. The van der Waals surface area contributed by atoms with Gasteiger partial charge in [0, 0.05) is 12.6 Å². The van der Waals surface area contributed by atoms with Crippen LogP contribution < -0.4 is 9.62 Å². The minimum absolute atomic E-state index is 0.178. The first kappa shape index (κ1) is 22.6. The van der Waals surface area contributed by atoms with E-state index >= 15 is 0 Å². The number of nitrogens with zero attached hydrogens (tertiary/aromatic N) is 1. The minimum Gasteiger partial charge on any atom is -0.346 e. The van der Waals surface area contributed by atoms with Crippen molar-refractivity contribution in [3.8, 4) is 0 Å². The van der Waals surface area contributed by atoms with Gasteiger partial charge in [-0.25, -0.2) is 8.42 Å². The normalized spacial score (nSPS) is 12.3. The number of hydrogen-bond donors (Lipinski definition) is 1. The molecule has 5 nitrogen and oxygen atoms in total. The van der Waals surface area contributed by atoms with Crippen molar-refractivity contribution in [2.45, 2.75) is 38.6 Å². The number of anilines is 1. The zero-order valence-electron chi connectivity index (χ0n) is 18.5. The Hall–Kier alpha value is -3.12. The Kier molecular flexibility index (Phi) is 6.51. The summed E-state index contributed by atoms with van der Waals surface area (Å²) in [5.74, 6) is -0.252. The van der Waals surface area contributed by atoms with Crippen LogP contribution in [-0.2, 0) is 10.0 Å². The molecule has 1 N–H and O–H groups in total. The van der Waals surface area contributed by atoms with Crippen LogP contribution in [0.25, 0.3) is 0 Å². The smallest absolute Gasteiger partial charge is 0.264 e. The largest absolute Gasteiger partial charge is 0.346 e. The van der Waals surface area contributed by atoms with E-state index in [0.29, 0.717) is 11.3 Å². The average molecular weight is 437 g/mol. The molecule has 0 aromatic heterocycles. The van der Waals surface area contributed by atoms with Crippen LogP contribution in [0.3, 0.4) is 0 Å². The average Bonchev–Trinajstić information content (AvgIpc) is 2.76. The molecule has 1 unspecified atom stereocenters. The molecule has 1 atom stereocenters. The van der Waals surface area contributed by atoms with Crippen LogP contribution in [0, 0.1) is 20.8 Å². The number of hydrogen-bond acceptors (Lipinski definition) is 3. The second kappa shape index (κ2) is 8.94. The molecule has 0 heterocycles. The molecule has 0 bridgehead atoms. The first-order valence-electron chi connectivity index (χ1n) is 10.1. The van der Waals surface area contributed by atoms with Crippen LogP contribution in [0.5, 0.6) is 0 Å². The second-order valence-electron chi connectivity index (χ2n) is 7.83. The standard InChI is InChI=1S/C25H28N2O3S/c1-17-11-13-21(15-19(17)3)20(4)26-25(28)22-14-12-18(2)24(16-22)27(5)31(29,30)23-9-7-6-8-10-23/h6-16,20H,1-5H3,(H,26,28). The predicted octanol–water partition coefficient (Wildman–Crippen LogP) is 4.93. The number of nitrogens with one attached hydrogen (secondary N) is 1. The highest BCUT2D eigenvalue weighted by Gasteiger charge is 2.23. The Morgan fingerprint density at radius 2 is 1.52 bits per heavy atom. The van der Waals surface area contributed by atoms with Gasteiger partial charge in [0.2, 0.25) is 0 Å². The highest BCUT2D eigenvalue weighted by molar-refractivity contribution is 7.92. The molecule has 0 aliphatic rings. The molecule has 0 fully saturated rings. The third kappa shape index (κ3) is 4.80. The molecule has 0 aliphatic heterocycles. The number of carbonyl (C=O) groups is 1. The summed E-state index contributed by atoms with van der Waals surface area (Å²) >= 11 is 0. The number of sulfonamides is 1. The number of aryl methyl sites for hydroxylation is 3. The van der Waals surface area contributed by atoms with Gasteiger partial charge in [-0.2, -0.15) is 0 Å². The van der Waals surface area contributed by atoms with Crippen molar-refractivity contribution in [2.75, 3.05) is 11.4 Å². The van der Waals surface area contributed by atoms with Crippen molar-refractivity contribution in [3.63, 3.8) is 0 Å². The van der Waals surface area contributed by atoms with E-state index in [1.165, 1.54) is 22.5 Å². The monoisotopic (exact) mass is 436 g/mol. The van der Waals surface area contributed by atoms with Gasteiger partial charge in [0.1, 0.15) is 0 Å². The van der Waals surface area contributed by atoms with Gasteiger partial charge in [-0.05, 0) is 74.2 Å². The van der Waals surface area contributed by atoms with Crippen molar-refractivity contribution in [1.82, 2.24) is 5.32 Å². The van der Waals surface area contributed by atoms with Crippen LogP contribution >= 0.6 is 0 Å². The molecule has 3 aromatic rings. The third-order valence-electron chi connectivity index (χ3n) is 5.59. The lowest BCUT2D eigenvalue weighted by Gasteiger charge is -2.22. The van der Waals surface area contributed by atoms with Gasteiger partial charge in [0.25, 0.3) is 15.9 Å². The first-order chi connectivity index (χ1) is 14.6. The van der Waals surface area contributed by atoms with E-state index in [2.05, 4.69) is 18.3 Å². The Bertz CT molecular complexity index is 1200. The Balaban J connectivity index is 1.86. The van der Waals surface area contributed by atoms with Gasteiger partial charge in [-0.3, -0.25) is 9.10 Å². The van der Waals surface area contributed by atoms with E-state index in [-0.39, 0.29) is 16.8 Å². The first-order valence-corrected chi connectivity index (χ1v) is 11.6. The van der Waals surface area contributed by atoms with Gasteiger partial charge in [0.15, 0.2) is 0 Å². The van der Waals surface area contributed by atoms with E-state index < -0.39 is 10.0 Å². The summed E-state index contributed by atoms with van der Waals surface area (Å²) in [6.07, 6.45) is 0. The van der Waals surface area contributed by atoms with Crippen LogP contribution in [0.4, 0.5) is 5.69 Å². The van der Waals surface area contributed by atoms with Gasteiger partial charge in [-0.15, -0.1) is 0 Å². The van der Waals surface area contributed by atoms with Gasteiger partial charge < -0.3 is 5.32 Å². The van der Waals surface area contributed by atoms with Crippen LogP contribution in [-0.4, -0.2) is 21.4 Å². The van der Waals surface area contributed by atoms with Crippen molar-refractivity contribution in [1.29, 1.82) is 0 Å². The lowest BCUT2D eigenvalue weighted by Crippen LogP contribution is -2.29. The molecule has 0 saturated carbocycles. The van der Waals surface area contributed by atoms with Gasteiger partial charge in [-0.1, -0.05) is 42.5 Å². The van der Waals surface area contributed by atoms with Crippen molar-refractivity contribution in [2.24, 2.45) is 0 Å². The number of rotatable bonds is 6. The summed E-state index contributed by atoms with van der Waals surface area (Å²) < 4.78 is 27.3. The van der Waals surface area contributed by atoms with Gasteiger partial charge in [0.05, 0.1) is 16.6 Å². The predicted molar refractivity (Wildman–Crippen MR) is 125 cm³/mol. The molecule has 1 amide bonds. The lowest BCUT2D eigenvalue weighted by molar-refractivity contribution is 0.0940. The molecule has 0 radical (unpaired) electrons. The molecule has 3 aromatic carbocycles. The fourth-order valence-electron chi connectivity index (χ4n) is 3.37. The lowest BCUT2D eigenvalue weighted by atomic mass is 10.0. The molecule has 3 rings (SSSR count). The molecule has 0 spiro atoms. The fourth-order valence-corrected chi connectivity index (χ4v) is 4.64. The summed E-state index contributed by atoms with van der Waals surface area (Å²) in [5.41, 5.74) is 5.03. The highest BCUT2D eigenvalue weighted by atomic mass is 32.2. The van der Waals surface area contributed by atoms with Crippen LogP contribution in [0.15, 0.2) is 71.6 Å². The molecular formula is C25H28N2O3S. The number of amides is 1. The maximum Gasteiger partial charge on any atom is 0.264 e. The van der Waals surface area contributed by atoms with E-state index in [0.717, 1.165) is 11.1 Å². The quantitative estimate of drug-likeness (QED) is 0.596. The molecule has 0 aliphatic carbocycles.